The molecule has 0 bridgehead atoms. The summed E-state index contributed by atoms with van der Waals surface area (Å²) in [5.41, 5.74) is 4.26. The molecule has 0 unspecified atom stereocenters. The van der Waals surface area contributed by atoms with Gasteiger partial charge in [-0.15, -0.1) is 0 Å². The number of carbonyl (C=O) groups is 1. The van der Waals surface area contributed by atoms with Gasteiger partial charge in [-0.25, -0.2) is 4.98 Å². The van der Waals surface area contributed by atoms with Gasteiger partial charge < -0.3 is 4.74 Å². The molecule has 0 fully saturated rings. The Morgan fingerprint density at radius 1 is 1.07 bits per heavy atom. The van der Waals surface area contributed by atoms with Crippen LogP contribution < -0.4 is 9.64 Å². The number of benzene rings is 3. The van der Waals surface area contributed by atoms with E-state index in [1.54, 1.807) is 29.2 Å². The number of hydrogen-bond donors (Lipinski definition) is 0. The SMILES string of the molecule is Cc1cc(C)c2nc(N(Cc3ccccc3)C(=O)COc3ccc(Cl)cc3)sc2c1. The Hall–Kier alpha value is -2.89. The van der Waals surface area contributed by atoms with Crippen LogP contribution in [0, 0.1) is 13.8 Å². The maximum Gasteiger partial charge on any atom is 0.267 e. The first-order valence-corrected chi connectivity index (χ1v) is 10.8. The standard InChI is InChI=1S/C24H21ClN2O2S/c1-16-12-17(2)23-21(13-16)30-24(26-23)27(14-18-6-4-3-5-7-18)22(28)15-29-20-10-8-19(25)9-11-20/h3-13H,14-15H2,1-2H3. The molecule has 1 aromatic heterocycles. The molecule has 30 heavy (non-hydrogen) atoms. The van der Waals surface area contributed by atoms with Crippen LogP contribution in [0.2, 0.25) is 5.02 Å². The van der Waals surface area contributed by atoms with Crippen LogP contribution in [0.1, 0.15) is 16.7 Å². The fraction of sp³-hybridized carbons (Fsp3) is 0.167. The van der Waals surface area contributed by atoms with Gasteiger partial charge in [0.05, 0.1) is 16.8 Å². The zero-order valence-electron chi connectivity index (χ0n) is 16.8. The molecule has 0 aliphatic rings. The second-order valence-electron chi connectivity index (χ2n) is 7.13. The fourth-order valence-corrected chi connectivity index (χ4v) is 4.54. The molecule has 4 rings (SSSR count). The minimum atomic E-state index is -0.151. The highest BCUT2D eigenvalue weighted by Crippen LogP contribution is 2.32. The van der Waals surface area contributed by atoms with Crippen molar-refractivity contribution in [2.45, 2.75) is 20.4 Å². The highest BCUT2D eigenvalue weighted by atomic mass is 35.5. The van der Waals surface area contributed by atoms with Gasteiger partial charge >= 0.3 is 0 Å². The summed E-state index contributed by atoms with van der Waals surface area (Å²) in [6, 6.07) is 21.1. The topological polar surface area (TPSA) is 42.4 Å². The third-order valence-electron chi connectivity index (χ3n) is 4.71. The van der Waals surface area contributed by atoms with Crippen LogP contribution in [0.3, 0.4) is 0 Å². The van der Waals surface area contributed by atoms with E-state index in [0.717, 1.165) is 21.3 Å². The van der Waals surface area contributed by atoms with E-state index in [1.807, 2.05) is 37.3 Å². The summed E-state index contributed by atoms with van der Waals surface area (Å²) in [6.07, 6.45) is 0. The second-order valence-corrected chi connectivity index (χ2v) is 8.58. The molecule has 0 spiro atoms. The van der Waals surface area contributed by atoms with Gasteiger partial charge in [-0.3, -0.25) is 9.69 Å². The Morgan fingerprint density at radius 3 is 2.53 bits per heavy atom. The maximum absolute atomic E-state index is 13.2. The van der Waals surface area contributed by atoms with Crippen molar-refractivity contribution in [3.8, 4) is 5.75 Å². The predicted octanol–water partition coefficient (Wildman–Crippen LogP) is 6.18. The van der Waals surface area contributed by atoms with Crippen LogP contribution in [0.4, 0.5) is 5.13 Å². The van der Waals surface area contributed by atoms with E-state index in [4.69, 9.17) is 21.3 Å². The first kappa shape index (κ1) is 20.4. The number of rotatable bonds is 6. The lowest BCUT2D eigenvalue weighted by molar-refractivity contribution is -0.120. The van der Waals surface area contributed by atoms with Gasteiger partial charge in [0.2, 0.25) is 0 Å². The molecule has 152 valence electrons. The summed E-state index contributed by atoms with van der Waals surface area (Å²) in [7, 11) is 0. The van der Waals surface area contributed by atoms with Crippen molar-refractivity contribution in [2.75, 3.05) is 11.5 Å². The van der Waals surface area contributed by atoms with Gasteiger partial charge in [-0.2, -0.15) is 0 Å². The molecule has 3 aromatic carbocycles. The Bertz CT molecular complexity index is 1170. The van der Waals surface area contributed by atoms with Crippen molar-refractivity contribution >= 4 is 44.2 Å². The maximum atomic E-state index is 13.2. The summed E-state index contributed by atoms with van der Waals surface area (Å²) < 4.78 is 6.78. The second kappa shape index (κ2) is 8.86. The predicted molar refractivity (Wildman–Crippen MR) is 124 cm³/mol. The molecule has 0 saturated carbocycles. The molecule has 0 saturated heterocycles. The third kappa shape index (κ3) is 4.64. The highest BCUT2D eigenvalue weighted by molar-refractivity contribution is 7.22. The number of anilines is 1. The molecule has 1 amide bonds. The third-order valence-corrected chi connectivity index (χ3v) is 5.99. The van der Waals surface area contributed by atoms with Crippen LogP contribution in [-0.2, 0) is 11.3 Å². The number of thiazole rings is 1. The van der Waals surface area contributed by atoms with E-state index < -0.39 is 0 Å². The lowest BCUT2D eigenvalue weighted by Gasteiger charge is -2.20. The minimum absolute atomic E-state index is 0.0810. The molecule has 1 heterocycles. The van der Waals surface area contributed by atoms with Crippen molar-refractivity contribution < 1.29 is 9.53 Å². The fourth-order valence-electron chi connectivity index (χ4n) is 3.26. The van der Waals surface area contributed by atoms with Crippen LogP contribution in [-0.4, -0.2) is 17.5 Å². The van der Waals surface area contributed by atoms with E-state index in [2.05, 4.69) is 19.1 Å². The first-order valence-electron chi connectivity index (χ1n) is 9.60. The van der Waals surface area contributed by atoms with E-state index in [1.165, 1.54) is 16.9 Å². The van der Waals surface area contributed by atoms with Crippen LogP contribution in [0.5, 0.6) is 5.75 Å². The largest absolute Gasteiger partial charge is 0.484 e. The number of hydrogen-bond acceptors (Lipinski definition) is 4. The molecule has 6 heteroatoms. The monoisotopic (exact) mass is 436 g/mol. The van der Waals surface area contributed by atoms with E-state index in [-0.39, 0.29) is 12.5 Å². The molecule has 0 aliphatic heterocycles. The molecule has 0 aliphatic carbocycles. The van der Waals surface area contributed by atoms with Gasteiger partial charge in [-0.1, -0.05) is 59.3 Å². The summed E-state index contributed by atoms with van der Waals surface area (Å²) in [4.78, 5) is 19.6. The number of aryl methyl sites for hydroxylation is 2. The quantitative estimate of drug-likeness (QED) is 0.362. The lowest BCUT2D eigenvalue weighted by Crippen LogP contribution is -2.34. The Kier molecular flexibility index (Phi) is 6.02. The average Bonchev–Trinajstić information content (AvgIpc) is 3.16. The smallest absolute Gasteiger partial charge is 0.267 e. The lowest BCUT2D eigenvalue weighted by atomic mass is 10.1. The summed E-state index contributed by atoms with van der Waals surface area (Å²) >= 11 is 7.45. The molecular formula is C24H21ClN2O2S. The zero-order chi connectivity index (χ0) is 21.1. The van der Waals surface area contributed by atoms with Gasteiger partial charge in [0.15, 0.2) is 11.7 Å². The average molecular weight is 437 g/mol. The molecule has 0 atom stereocenters. The van der Waals surface area contributed by atoms with Crippen LogP contribution in [0.25, 0.3) is 10.2 Å². The van der Waals surface area contributed by atoms with Crippen molar-refractivity contribution in [3.05, 3.63) is 88.4 Å². The zero-order valence-corrected chi connectivity index (χ0v) is 18.3. The summed E-state index contributed by atoms with van der Waals surface area (Å²) in [6.45, 7) is 4.47. The number of aromatic nitrogens is 1. The first-order chi connectivity index (χ1) is 14.5. The van der Waals surface area contributed by atoms with Crippen molar-refractivity contribution in [2.24, 2.45) is 0 Å². The van der Waals surface area contributed by atoms with E-state index >= 15 is 0 Å². The van der Waals surface area contributed by atoms with Crippen LogP contribution >= 0.6 is 22.9 Å². The summed E-state index contributed by atoms with van der Waals surface area (Å²) in [5, 5.41) is 1.30. The molecule has 4 nitrogen and oxygen atoms in total. The number of nitrogens with zero attached hydrogens (tertiary/aromatic N) is 2. The highest BCUT2D eigenvalue weighted by Gasteiger charge is 2.21. The van der Waals surface area contributed by atoms with Gasteiger partial charge in [-0.05, 0) is 60.9 Å². The van der Waals surface area contributed by atoms with Crippen molar-refractivity contribution in [1.82, 2.24) is 4.98 Å². The Balaban J connectivity index is 1.63. The molecule has 0 N–H and O–H groups in total. The van der Waals surface area contributed by atoms with Crippen molar-refractivity contribution in [1.29, 1.82) is 0 Å². The molecular weight excluding hydrogens is 416 g/mol. The number of amides is 1. The minimum Gasteiger partial charge on any atom is -0.484 e. The van der Waals surface area contributed by atoms with Gasteiger partial charge in [0.1, 0.15) is 5.75 Å². The van der Waals surface area contributed by atoms with Gasteiger partial charge in [0, 0.05) is 5.02 Å². The number of halogens is 1. The van der Waals surface area contributed by atoms with E-state index in [0.29, 0.717) is 22.4 Å². The Morgan fingerprint density at radius 2 is 1.80 bits per heavy atom. The molecule has 4 aromatic rings. The normalized spacial score (nSPS) is 10.9. The number of ether oxygens (including phenoxy) is 1. The number of fused-ring (bicyclic) bond motifs is 1. The molecule has 0 radical (unpaired) electrons. The van der Waals surface area contributed by atoms with E-state index in [9.17, 15) is 4.79 Å². The number of carbonyl (C=O) groups excluding carboxylic acids is 1. The Labute approximate surface area is 184 Å². The van der Waals surface area contributed by atoms with Crippen molar-refractivity contribution in [3.63, 3.8) is 0 Å². The van der Waals surface area contributed by atoms with Gasteiger partial charge in [0.25, 0.3) is 5.91 Å². The summed E-state index contributed by atoms with van der Waals surface area (Å²) in [5.74, 6) is 0.449. The van der Waals surface area contributed by atoms with Crippen LogP contribution in [0.15, 0.2) is 66.7 Å².